The number of aromatic amines is 1. The van der Waals surface area contributed by atoms with Crippen molar-refractivity contribution in [1.29, 1.82) is 0 Å². The molecule has 6 nitrogen and oxygen atoms in total. The molecule has 0 atom stereocenters. The van der Waals surface area contributed by atoms with Crippen LogP contribution in [0, 0.1) is 5.82 Å². The lowest BCUT2D eigenvalue weighted by Crippen LogP contribution is -2.39. The molecule has 0 bridgehead atoms. The Bertz CT molecular complexity index is 1130. The minimum Gasteiger partial charge on any atom is -0.338 e. The maximum Gasteiger partial charge on any atom is 0.272 e. The van der Waals surface area contributed by atoms with Gasteiger partial charge in [-0.1, -0.05) is 24.3 Å². The number of aromatic nitrogens is 2. The van der Waals surface area contributed by atoms with Crippen LogP contribution in [-0.2, 0) is 11.2 Å². The number of likely N-dealkylation sites (tertiary alicyclic amines) is 1. The summed E-state index contributed by atoms with van der Waals surface area (Å²) >= 11 is 0. The van der Waals surface area contributed by atoms with Crippen molar-refractivity contribution in [1.82, 2.24) is 15.1 Å². The van der Waals surface area contributed by atoms with E-state index in [1.54, 1.807) is 18.2 Å². The number of rotatable bonds is 3. The van der Waals surface area contributed by atoms with Crippen molar-refractivity contribution in [2.24, 2.45) is 0 Å². The summed E-state index contributed by atoms with van der Waals surface area (Å²) in [5.41, 5.74) is 1.07. The van der Waals surface area contributed by atoms with Crippen molar-refractivity contribution in [2.45, 2.75) is 19.3 Å². The van der Waals surface area contributed by atoms with Crippen molar-refractivity contribution in [2.75, 3.05) is 13.1 Å². The molecule has 1 fully saturated rings. The van der Waals surface area contributed by atoms with Crippen LogP contribution in [0.5, 0.6) is 0 Å². The summed E-state index contributed by atoms with van der Waals surface area (Å²) in [5, 5.41) is 7.87. The Labute approximate surface area is 160 Å². The van der Waals surface area contributed by atoms with E-state index in [0.29, 0.717) is 49.0 Å². The molecule has 2 heterocycles. The molecular weight excluding hydrogens is 361 g/mol. The van der Waals surface area contributed by atoms with Gasteiger partial charge in [0, 0.05) is 37.7 Å². The number of carbonyl (C=O) groups is 2. The highest BCUT2D eigenvalue weighted by molar-refractivity contribution is 5.96. The molecule has 0 radical (unpaired) electrons. The number of Topliss-reactive ketones (excluding diaryl/α,β-unsaturated/α-hetero) is 1. The Kier molecular flexibility index (Phi) is 4.73. The molecule has 1 amide bonds. The van der Waals surface area contributed by atoms with Crippen LogP contribution in [-0.4, -0.2) is 39.9 Å². The molecule has 0 saturated carbocycles. The molecule has 2 aromatic carbocycles. The van der Waals surface area contributed by atoms with Crippen LogP contribution in [0.1, 0.15) is 34.5 Å². The first-order valence-electron chi connectivity index (χ1n) is 9.08. The van der Waals surface area contributed by atoms with E-state index in [1.807, 2.05) is 12.1 Å². The molecule has 7 heteroatoms. The van der Waals surface area contributed by atoms with Gasteiger partial charge in [0.15, 0.2) is 0 Å². The second-order valence-corrected chi connectivity index (χ2v) is 6.87. The van der Waals surface area contributed by atoms with Crippen LogP contribution in [0.2, 0.25) is 0 Å². The molecule has 1 aliphatic heterocycles. The highest BCUT2D eigenvalue weighted by atomic mass is 19.1. The van der Waals surface area contributed by atoms with Crippen LogP contribution in [0.15, 0.2) is 47.3 Å². The molecule has 1 aromatic heterocycles. The van der Waals surface area contributed by atoms with E-state index < -0.39 is 11.7 Å². The molecule has 28 heavy (non-hydrogen) atoms. The zero-order valence-corrected chi connectivity index (χ0v) is 15.1. The lowest BCUT2D eigenvalue weighted by Gasteiger charge is -2.26. The lowest BCUT2D eigenvalue weighted by atomic mass is 10.0. The summed E-state index contributed by atoms with van der Waals surface area (Å²) in [6.07, 6.45) is 0.955. The first kappa shape index (κ1) is 18.0. The van der Waals surface area contributed by atoms with E-state index >= 15 is 0 Å². The van der Waals surface area contributed by atoms with Gasteiger partial charge in [-0.15, -0.1) is 0 Å². The molecule has 0 aliphatic carbocycles. The van der Waals surface area contributed by atoms with Crippen molar-refractivity contribution in [3.05, 3.63) is 75.5 Å². The summed E-state index contributed by atoms with van der Waals surface area (Å²) in [5.74, 6) is -0.884. The summed E-state index contributed by atoms with van der Waals surface area (Å²) in [6.45, 7) is 0.626. The number of piperidine rings is 1. The number of ketones is 1. The largest absolute Gasteiger partial charge is 0.338 e. The SMILES string of the molecule is O=C1CCN(C(=O)c2cc(Cc3n[nH]c(=O)c4ccccc34)ccc2F)CC1. The quantitative estimate of drug-likeness (QED) is 0.758. The Balaban J connectivity index is 1.65. The number of carbonyl (C=O) groups excluding carboxylic acids is 2. The molecule has 1 saturated heterocycles. The maximum absolute atomic E-state index is 14.3. The molecule has 1 aliphatic rings. The molecule has 3 aromatic rings. The van der Waals surface area contributed by atoms with Crippen molar-refractivity contribution in [3.8, 4) is 0 Å². The number of nitrogens with one attached hydrogen (secondary N) is 1. The van der Waals surface area contributed by atoms with Gasteiger partial charge in [0.1, 0.15) is 11.6 Å². The number of hydrogen-bond acceptors (Lipinski definition) is 4. The van der Waals surface area contributed by atoms with Gasteiger partial charge in [0.2, 0.25) is 0 Å². The summed E-state index contributed by atoms with van der Waals surface area (Å²) in [6, 6.07) is 11.5. The molecule has 1 N–H and O–H groups in total. The number of H-pyrrole nitrogens is 1. The van der Waals surface area contributed by atoms with Gasteiger partial charge < -0.3 is 4.90 Å². The minimum atomic E-state index is -0.593. The van der Waals surface area contributed by atoms with E-state index in [4.69, 9.17) is 0 Å². The minimum absolute atomic E-state index is 0.0134. The van der Waals surface area contributed by atoms with Crippen molar-refractivity contribution >= 4 is 22.5 Å². The van der Waals surface area contributed by atoms with Gasteiger partial charge in [-0.25, -0.2) is 9.49 Å². The van der Waals surface area contributed by atoms with E-state index in [1.165, 1.54) is 17.0 Å². The van der Waals surface area contributed by atoms with Gasteiger partial charge >= 0.3 is 0 Å². The maximum atomic E-state index is 14.3. The topological polar surface area (TPSA) is 83.1 Å². The average Bonchev–Trinajstić information content (AvgIpc) is 2.72. The third-order valence-corrected chi connectivity index (χ3v) is 5.02. The normalized spacial score (nSPS) is 14.5. The van der Waals surface area contributed by atoms with Crippen LogP contribution in [0.4, 0.5) is 4.39 Å². The Morgan fingerprint density at radius 1 is 1.07 bits per heavy atom. The predicted octanol–water partition coefficient (Wildman–Crippen LogP) is 2.46. The Hall–Kier alpha value is -3.35. The third-order valence-electron chi connectivity index (χ3n) is 5.02. The lowest BCUT2D eigenvalue weighted by molar-refractivity contribution is -0.120. The smallest absolute Gasteiger partial charge is 0.272 e. The Morgan fingerprint density at radius 3 is 2.54 bits per heavy atom. The number of hydrogen-bond donors (Lipinski definition) is 1. The van der Waals surface area contributed by atoms with Gasteiger partial charge in [0.25, 0.3) is 11.5 Å². The van der Waals surface area contributed by atoms with E-state index in [-0.39, 0.29) is 16.9 Å². The van der Waals surface area contributed by atoms with E-state index in [9.17, 15) is 18.8 Å². The molecule has 0 unspecified atom stereocenters. The number of benzene rings is 2. The Morgan fingerprint density at radius 2 is 1.79 bits per heavy atom. The van der Waals surface area contributed by atoms with Crippen LogP contribution < -0.4 is 5.56 Å². The number of nitrogens with zero attached hydrogens (tertiary/aromatic N) is 2. The fourth-order valence-corrected chi connectivity index (χ4v) is 3.48. The second kappa shape index (κ2) is 7.34. The van der Waals surface area contributed by atoms with Crippen molar-refractivity contribution in [3.63, 3.8) is 0 Å². The van der Waals surface area contributed by atoms with Crippen LogP contribution >= 0.6 is 0 Å². The van der Waals surface area contributed by atoms with Crippen LogP contribution in [0.3, 0.4) is 0 Å². The third kappa shape index (κ3) is 3.43. The van der Waals surface area contributed by atoms with Gasteiger partial charge in [-0.3, -0.25) is 14.4 Å². The molecule has 142 valence electrons. The first-order valence-corrected chi connectivity index (χ1v) is 9.08. The molecular formula is C21H18FN3O3. The number of amides is 1. The highest BCUT2D eigenvalue weighted by Crippen LogP contribution is 2.20. The fraction of sp³-hybridized carbons (Fsp3) is 0.238. The summed E-state index contributed by atoms with van der Waals surface area (Å²) in [7, 11) is 0. The highest BCUT2D eigenvalue weighted by Gasteiger charge is 2.24. The van der Waals surface area contributed by atoms with Gasteiger partial charge in [-0.05, 0) is 23.8 Å². The van der Waals surface area contributed by atoms with Gasteiger partial charge in [0.05, 0.1) is 16.6 Å². The van der Waals surface area contributed by atoms with E-state index in [2.05, 4.69) is 10.2 Å². The monoisotopic (exact) mass is 379 g/mol. The fourth-order valence-electron chi connectivity index (χ4n) is 3.48. The van der Waals surface area contributed by atoms with E-state index in [0.717, 1.165) is 5.39 Å². The summed E-state index contributed by atoms with van der Waals surface area (Å²) < 4.78 is 14.3. The second-order valence-electron chi connectivity index (χ2n) is 6.87. The zero-order chi connectivity index (χ0) is 19.7. The number of halogens is 1. The summed E-state index contributed by atoms with van der Waals surface area (Å²) in [4.78, 5) is 37.5. The molecule has 4 rings (SSSR count). The predicted molar refractivity (Wildman–Crippen MR) is 102 cm³/mol. The molecule has 0 spiro atoms. The average molecular weight is 379 g/mol. The standard InChI is InChI=1S/C21H18FN3O3/c22-18-6-5-13(11-17(18)21(28)25-9-7-14(26)8-10-25)12-19-15-3-1-2-4-16(15)20(27)24-23-19/h1-6,11H,7-10,12H2,(H,24,27). The number of fused-ring (bicyclic) bond motifs is 1. The van der Waals surface area contributed by atoms with Gasteiger partial charge in [-0.2, -0.15) is 5.10 Å². The van der Waals surface area contributed by atoms with Crippen LogP contribution in [0.25, 0.3) is 10.8 Å². The van der Waals surface area contributed by atoms with Crippen molar-refractivity contribution < 1.29 is 14.0 Å². The zero-order valence-electron chi connectivity index (χ0n) is 15.1. The first-order chi connectivity index (χ1) is 13.5.